The van der Waals surface area contributed by atoms with Crippen molar-refractivity contribution in [2.45, 2.75) is 70.6 Å². The van der Waals surface area contributed by atoms with Crippen LogP contribution in [0, 0.1) is 0 Å². The maximum absolute atomic E-state index is 13.9. The van der Waals surface area contributed by atoms with Gasteiger partial charge >= 0.3 is 6.03 Å². The number of H-pyrrole nitrogens is 1. The molecule has 5 rings (SSSR count). The van der Waals surface area contributed by atoms with Crippen molar-refractivity contribution >= 4 is 17.8 Å². The Morgan fingerprint density at radius 2 is 2.00 bits per heavy atom. The van der Waals surface area contributed by atoms with Crippen LogP contribution in [0.15, 0.2) is 30.3 Å². The first-order chi connectivity index (χ1) is 15.9. The van der Waals surface area contributed by atoms with Crippen LogP contribution in [0.3, 0.4) is 0 Å². The van der Waals surface area contributed by atoms with E-state index in [0.717, 1.165) is 43.7 Å². The van der Waals surface area contributed by atoms with Gasteiger partial charge in [0.05, 0.1) is 17.8 Å². The number of carbonyl (C=O) groups excluding carboxylic acids is 2. The third-order valence-corrected chi connectivity index (χ3v) is 7.63. The number of amides is 3. The van der Waals surface area contributed by atoms with Crippen LogP contribution in [0.25, 0.3) is 0 Å². The highest BCUT2D eigenvalue weighted by atomic mass is 16.2. The zero-order valence-corrected chi connectivity index (χ0v) is 19.8. The molecule has 3 amide bonds. The summed E-state index contributed by atoms with van der Waals surface area (Å²) in [6.07, 6.45) is 4.48. The van der Waals surface area contributed by atoms with Crippen LogP contribution in [-0.2, 0) is 12.1 Å². The van der Waals surface area contributed by atoms with Crippen molar-refractivity contribution in [2.24, 2.45) is 0 Å². The predicted octanol–water partition coefficient (Wildman–Crippen LogP) is 3.78. The number of piperazine rings is 1. The zero-order chi connectivity index (χ0) is 23.2. The Morgan fingerprint density at radius 3 is 2.76 bits per heavy atom. The molecule has 8 nitrogen and oxygen atoms in total. The smallest absolute Gasteiger partial charge is 0.319 e. The van der Waals surface area contributed by atoms with E-state index in [-0.39, 0.29) is 18.0 Å². The number of rotatable bonds is 4. The number of hydrogen-bond acceptors (Lipinski definition) is 4. The SMILES string of the molecule is CCC[C@H]1CN2CCC[C@H]2CN1C(=O)N1Cc2c(NC(=O)c3ccccc3)n[nH]c2C1(C)C. The van der Waals surface area contributed by atoms with Crippen molar-refractivity contribution in [1.29, 1.82) is 0 Å². The van der Waals surface area contributed by atoms with E-state index in [1.807, 2.05) is 23.1 Å². The third kappa shape index (κ3) is 3.80. The molecule has 8 heteroatoms. The van der Waals surface area contributed by atoms with Gasteiger partial charge < -0.3 is 15.1 Å². The molecule has 4 heterocycles. The van der Waals surface area contributed by atoms with Gasteiger partial charge in [-0.2, -0.15) is 5.10 Å². The number of carbonyl (C=O) groups is 2. The Bertz CT molecular complexity index is 1030. The summed E-state index contributed by atoms with van der Waals surface area (Å²) in [5.74, 6) is 0.306. The fraction of sp³-hybridized carbons (Fsp3) is 0.560. The highest BCUT2D eigenvalue weighted by Crippen LogP contribution is 2.42. The molecule has 2 saturated heterocycles. The van der Waals surface area contributed by atoms with Gasteiger partial charge in [0, 0.05) is 36.3 Å². The van der Waals surface area contributed by atoms with E-state index in [0.29, 0.717) is 24.0 Å². The summed E-state index contributed by atoms with van der Waals surface area (Å²) in [6.45, 7) is 9.67. The van der Waals surface area contributed by atoms with Gasteiger partial charge in [-0.25, -0.2) is 4.79 Å². The van der Waals surface area contributed by atoms with Crippen LogP contribution in [0.2, 0.25) is 0 Å². The molecule has 2 fully saturated rings. The van der Waals surface area contributed by atoms with Gasteiger partial charge in [-0.3, -0.25) is 14.8 Å². The lowest BCUT2D eigenvalue weighted by molar-refractivity contribution is 0.0371. The summed E-state index contributed by atoms with van der Waals surface area (Å²) in [6, 6.07) is 9.93. The Morgan fingerprint density at radius 1 is 1.21 bits per heavy atom. The second kappa shape index (κ2) is 8.48. The van der Waals surface area contributed by atoms with Gasteiger partial charge in [0.2, 0.25) is 0 Å². The molecule has 0 aliphatic carbocycles. The lowest BCUT2D eigenvalue weighted by Crippen LogP contribution is -2.61. The maximum Gasteiger partial charge on any atom is 0.321 e. The second-order valence-corrected chi connectivity index (χ2v) is 10.1. The lowest BCUT2D eigenvalue weighted by atomic mass is 10.00. The van der Waals surface area contributed by atoms with Gasteiger partial charge in [0.1, 0.15) is 0 Å². The quantitative estimate of drug-likeness (QED) is 0.742. The maximum atomic E-state index is 13.9. The summed E-state index contributed by atoms with van der Waals surface area (Å²) in [7, 11) is 0. The van der Waals surface area contributed by atoms with E-state index in [2.05, 4.69) is 46.1 Å². The van der Waals surface area contributed by atoms with Crippen molar-refractivity contribution in [3.8, 4) is 0 Å². The molecule has 0 saturated carbocycles. The number of aromatic nitrogens is 2. The highest BCUT2D eigenvalue weighted by molar-refractivity contribution is 6.04. The van der Waals surface area contributed by atoms with Gasteiger partial charge in [0.15, 0.2) is 5.82 Å². The molecule has 2 N–H and O–H groups in total. The first kappa shape index (κ1) is 21.9. The normalized spacial score (nSPS) is 24.0. The molecule has 0 bridgehead atoms. The molecule has 1 aromatic carbocycles. The number of anilines is 1. The number of hydrogen-bond donors (Lipinski definition) is 2. The molecular formula is C25H34N6O2. The highest BCUT2D eigenvalue weighted by Gasteiger charge is 2.48. The topological polar surface area (TPSA) is 84.6 Å². The van der Waals surface area contributed by atoms with Crippen molar-refractivity contribution in [2.75, 3.05) is 25.0 Å². The standard InChI is InChI=1S/C25H34N6O2/c1-4-9-19-14-29-13-8-12-18(29)15-30(19)24(33)31-16-20-21(25(31,2)3)27-28-22(20)26-23(32)17-10-6-5-7-11-17/h5-7,10-11,18-19H,4,8-9,12-16H2,1-3H3,(H2,26,27,28,32)/t18-,19-/m0/s1. The number of urea groups is 1. The minimum Gasteiger partial charge on any atom is -0.319 e. The second-order valence-electron chi connectivity index (χ2n) is 10.1. The Hall–Kier alpha value is -2.87. The summed E-state index contributed by atoms with van der Waals surface area (Å²) in [5.41, 5.74) is 1.84. The van der Waals surface area contributed by atoms with Crippen molar-refractivity contribution in [1.82, 2.24) is 24.9 Å². The molecule has 3 aliphatic rings. The van der Waals surface area contributed by atoms with E-state index >= 15 is 0 Å². The Balaban J connectivity index is 1.36. The van der Waals surface area contributed by atoms with E-state index in [4.69, 9.17) is 0 Å². The molecule has 0 spiro atoms. The Kier molecular flexibility index (Phi) is 5.64. The number of aromatic amines is 1. The summed E-state index contributed by atoms with van der Waals surface area (Å²) in [5, 5.41) is 10.4. The molecule has 1 aromatic heterocycles. The monoisotopic (exact) mass is 450 g/mol. The molecular weight excluding hydrogens is 416 g/mol. The minimum atomic E-state index is -0.529. The molecule has 0 unspecified atom stereocenters. The van der Waals surface area contributed by atoms with Gasteiger partial charge in [-0.15, -0.1) is 0 Å². The van der Waals surface area contributed by atoms with E-state index in [9.17, 15) is 9.59 Å². The van der Waals surface area contributed by atoms with Crippen molar-refractivity contribution in [3.05, 3.63) is 47.2 Å². The summed E-state index contributed by atoms with van der Waals surface area (Å²) < 4.78 is 0. The molecule has 2 aromatic rings. The number of nitrogens with zero attached hydrogens (tertiary/aromatic N) is 4. The average molecular weight is 451 g/mol. The minimum absolute atomic E-state index is 0.0925. The fourth-order valence-corrected chi connectivity index (χ4v) is 5.75. The fourth-order valence-electron chi connectivity index (χ4n) is 5.75. The molecule has 176 valence electrons. The van der Waals surface area contributed by atoms with Crippen molar-refractivity contribution < 1.29 is 9.59 Å². The first-order valence-corrected chi connectivity index (χ1v) is 12.2. The molecule has 2 atom stereocenters. The number of nitrogens with one attached hydrogen (secondary N) is 2. The van der Waals surface area contributed by atoms with E-state index < -0.39 is 5.54 Å². The Labute approximate surface area is 195 Å². The average Bonchev–Trinajstić information content (AvgIpc) is 3.49. The predicted molar refractivity (Wildman–Crippen MR) is 127 cm³/mol. The van der Waals surface area contributed by atoms with Crippen LogP contribution in [0.1, 0.15) is 68.1 Å². The van der Waals surface area contributed by atoms with Crippen LogP contribution >= 0.6 is 0 Å². The zero-order valence-electron chi connectivity index (χ0n) is 19.8. The van der Waals surface area contributed by atoms with Crippen LogP contribution in [-0.4, -0.2) is 68.6 Å². The van der Waals surface area contributed by atoms with Gasteiger partial charge in [-0.1, -0.05) is 31.5 Å². The van der Waals surface area contributed by atoms with Crippen LogP contribution in [0.5, 0.6) is 0 Å². The van der Waals surface area contributed by atoms with Crippen molar-refractivity contribution in [3.63, 3.8) is 0 Å². The number of benzene rings is 1. The first-order valence-electron chi connectivity index (χ1n) is 12.2. The summed E-state index contributed by atoms with van der Waals surface area (Å²) in [4.78, 5) is 33.3. The van der Waals surface area contributed by atoms with Crippen LogP contribution < -0.4 is 5.32 Å². The number of fused-ring (bicyclic) bond motifs is 2. The van der Waals surface area contributed by atoms with E-state index in [1.165, 1.54) is 12.8 Å². The molecule has 33 heavy (non-hydrogen) atoms. The molecule has 0 radical (unpaired) electrons. The van der Waals surface area contributed by atoms with Crippen LogP contribution in [0.4, 0.5) is 10.6 Å². The summed E-state index contributed by atoms with van der Waals surface area (Å²) >= 11 is 0. The molecule has 3 aliphatic heterocycles. The van der Waals surface area contributed by atoms with E-state index in [1.54, 1.807) is 12.1 Å². The third-order valence-electron chi connectivity index (χ3n) is 7.63. The lowest BCUT2D eigenvalue weighted by Gasteiger charge is -2.46. The largest absolute Gasteiger partial charge is 0.321 e. The van der Waals surface area contributed by atoms with Gasteiger partial charge in [0.25, 0.3) is 5.91 Å². The van der Waals surface area contributed by atoms with Gasteiger partial charge in [-0.05, 0) is 51.8 Å².